The highest BCUT2D eigenvalue weighted by molar-refractivity contribution is 6.31. The highest BCUT2D eigenvalue weighted by Crippen LogP contribution is 2.33. The van der Waals surface area contributed by atoms with Crippen LogP contribution in [0.3, 0.4) is 0 Å². The number of amides is 2. The van der Waals surface area contributed by atoms with E-state index >= 15 is 0 Å². The van der Waals surface area contributed by atoms with E-state index in [0.29, 0.717) is 21.6 Å². The van der Waals surface area contributed by atoms with Crippen molar-refractivity contribution in [3.05, 3.63) is 63.9 Å². The molecule has 1 heterocycles. The van der Waals surface area contributed by atoms with Gasteiger partial charge in [-0.3, -0.25) is 9.59 Å². The number of nitrogens with one attached hydrogen (secondary N) is 1. The number of anilines is 1. The van der Waals surface area contributed by atoms with Crippen molar-refractivity contribution in [3.63, 3.8) is 0 Å². The number of aryl methyl sites for hydroxylation is 2. The van der Waals surface area contributed by atoms with Crippen LogP contribution in [0.2, 0.25) is 5.02 Å². The van der Waals surface area contributed by atoms with Crippen LogP contribution >= 0.6 is 11.6 Å². The highest BCUT2D eigenvalue weighted by atomic mass is 35.5. The van der Waals surface area contributed by atoms with Gasteiger partial charge in [-0.1, -0.05) is 17.7 Å². The number of benzene rings is 2. The molecule has 0 spiro atoms. The van der Waals surface area contributed by atoms with Crippen molar-refractivity contribution in [2.75, 3.05) is 5.32 Å². The van der Waals surface area contributed by atoms with Gasteiger partial charge in [-0.05, 0) is 60.7 Å². The topological polar surface area (TPSA) is 85.3 Å². The Morgan fingerprint density at radius 3 is 2.68 bits per heavy atom. The maximum absolute atomic E-state index is 12.7. The van der Waals surface area contributed by atoms with Gasteiger partial charge in [0, 0.05) is 16.0 Å². The summed E-state index contributed by atoms with van der Waals surface area (Å²) in [5.74, 6) is -1.16. The second-order valence-electron chi connectivity index (χ2n) is 6.10. The van der Waals surface area contributed by atoms with Gasteiger partial charge in [0.2, 0.25) is 5.76 Å². The fraction of sp³-hybridized carbons (Fsp3) is 0.158. The average molecular weight is 355 g/mol. The van der Waals surface area contributed by atoms with Gasteiger partial charge in [-0.2, -0.15) is 0 Å². The number of halogens is 1. The number of furan rings is 1. The Hall–Kier alpha value is -2.79. The van der Waals surface area contributed by atoms with Crippen molar-refractivity contribution in [2.45, 2.75) is 19.3 Å². The molecule has 0 fully saturated rings. The van der Waals surface area contributed by atoms with Crippen LogP contribution < -0.4 is 11.1 Å². The molecule has 1 aromatic heterocycles. The number of primary amides is 1. The molecule has 126 valence electrons. The van der Waals surface area contributed by atoms with Gasteiger partial charge in [0.25, 0.3) is 11.8 Å². The molecule has 2 aromatic carbocycles. The van der Waals surface area contributed by atoms with Crippen molar-refractivity contribution < 1.29 is 14.0 Å². The third kappa shape index (κ3) is 2.76. The number of fused-ring (bicyclic) bond motifs is 2. The molecule has 0 bridgehead atoms. The van der Waals surface area contributed by atoms with Crippen LogP contribution in [-0.2, 0) is 12.8 Å². The Labute approximate surface area is 148 Å². The molecular formula is C19H15ClN2O3. The minimum absolute atomic E-state index is 0.0909. The average Bonchev–Trinajstić information content (AvgIpc) is 3.19. The molecule has 2 amide bonds. The maximum Gasteiger partial charge on any atom is 0.286 e. The lowest BCUT2D eigenvalue weighted by atomic mass is 10.1. The molecule has 1 aliphatic carbocycles. The van der Waals surface area contributed by atoms with E-state index in [2.05, 4.69) is 5.32 Å². The van der Waals surface area contributed by atoms with Crippen molar-refractivity contribution >= 4 is 40.1 Å². The number of carbonyl (C=O) groups is 2. The zero-order valence-corrected chi connectivity index (χ0v) is 14.0. The summed E-state index contributed by atoms with van der Waals surface area (Å²) >= 11 is 6.03. The van der Waals surface area contributed by atoms with E-state index in [1.165, 1.54) is 11.1 Å². The summed E-state index contributed by atoms with van der Waals surface area (Å²) in [6.45, 7) is 0. The highest BCUT2D eigenvalue weighted by Gasteiger charge is 2.22. The van der Waals surface area contributed by atoms with Gasteiger partial charge >= 0.3 is 0 Å². The summed E-state index contributed by atoms with van der Waals surface area (Å²) in [7, 11) is 0. The standard InChI is InChI=1S/C19H15ClN2O3/c20-13-6-7-15-14(9-13)16(17(25-15)18(21)23)22-19(24)12-5-4-10-2-1-3-11(10)8-12/h4-9H,1-3H2,(H2,21,23)(H,22,24). The molecule has 3 N–H and O–H groups in total. The number of nitrogens with two attached hydrogens (primary N) is 1. The predicted octanol–water partition coefficient (Wildman–Crippen LogP) is 3.93. The fourth-order valence-corrected chi connectivity index (χ4v) is 3.44. The first kappa shape index (κ1) is 15.7. The van der Waals surface area contributed by atoms with Crippen LogP contribution in [0.15, 0.2) is 40.8 Å². The van der Waals surface area contributed by atoms with E-state index in [1.54, 1.807) is 24.3 Å². The monoisotopic (exact) mass is 354 g/mol. The summed E-state index contributed by atoms with van der Waals surface area (Å²) in [6, 6.07) is 10.6. The normalized spacial score (nSPS) is 13.0. The largest absolute Gasteiger partial charge is 0.449 e. The molecule has 6 heteroatoms. The molecule has 0 aliphatic heterocycles. The van der Waals surface area contributed by atoms with Crippen LogP contribution in [0.4, 0.5) is 5.69 Å². The van der Waals surface area contributed by atoms with Crippen LogP contribution in [0.25, 0.3) is 11.0 Å². The van der Waals surface area contributed by atoms with E-state index in [0.717, 1.165) is 19.3 Å². The van der Waals surface area contributed by atoms with Gasteiger partial charge in [-0.15, -0.1) is 0 Å². The molecule has 0 saturated carbocycles. The first-order valence-electron chi connectivity index (χ1n) is 7.98. The SMILES string of the molecule is NC(=O)c1oc2ccc(Cl)cc2c1NC(=O)c1ccc2c(c1)CCC2. The van der Waals surface area contributed by atoms with Crippen molar-refractivity contribution in [1.29, 1.82) is 0 Å². The maximum atomic E-state index is 12.7. The second-order valence-corrected chi connectivity index (χ2v) is 6.54. The third-order valence-corrected chi connectivity index (χ3v) is 4.71. The van der Waals surface area contributed by atoms with Crippen LogP contribution in [0.5, 0.6) is 0 Å². The Morgan fingerprint density at radius 2 is 1.88 bits per heavy atom. The number of hydrogen-bond acceptors (Lipinski definition) is 3. The minimum atomic E-state index is -0.753. The Morgan fingerprint density at radius 1 is 1.08 bits per heavy atom. The molecule has 0 unspecified atom stereocenters. The molecule has 5 nitrogen and oxygen atoms in total. The van der Waals surface area contributed by atoms with Gasteiger partial charge < -0.3 is 15.5 Å². The van der Waals surface area contributed by atoms with E-state index in [-0.39, 0.29) is 17.4 Å². The molecule has 3 aromatic rings. The Bertz CT molecular complexity index is 1020. The quantitative estimate of drug-likeness (QED) is 0.747. The minimum Gasteiger partial charge on any atom is -0.449 e. The Kier molecular flexibility index (Phi) is 3.73. The zero-order valence-electron chi connectivity index (χ0n) is 13.3. The van der Waals surface area contributed by atoms with Crippen LogP contribution in [0, 0.1) is 0 Å². The van der Waals surface area contributed by atoms with E-state index in [9.17, 15) is 9.59 Å². The van der Waals surface area contributed by atoms with Gasteiger partial charge in [-0.25, -0.2) is 0 Å². The van der Waals surface area contributed by atoms with Crippen molar-refractivity contribution in [3.8, 4) is 0 Å². The van der Waals surface area contributed by atoms with Crippen LogP contribution in [-0.4, -0.2) is 11.8 Å². The van der Waals surface area contributed by atoms with Gasteiger partial charge in [0.1, 0.15) is 11.3 Å². The molecule has 4 rings (SSSR count). The number of carbonyl (C=O) groups excluding carboxylic acids is 2. The molecule has 0 radical (unpaired) electrons. The summed E-state index contributed by atoms with van der Waals surface area (Å²) in [5, 5.41) is 3.76. The smallest absolute Gasteiger partial charge is 0.286 e. The van der Waals surface area contributed by atoms with Gasteiger partial charge in [0.15, 0.2) is 0 Å². The summed E-state index contributed by atoms with van der Waals surface area (Å²) in [4.78, 5) is 24.4. The number of rotatable bonds is 3. The molecule has 0 saturated heterocycles. The van der Waals surface area contributed by atoms with Crippen molar-refractivity contribution in [1.82, 2.24) is 0 Å². The van der Waals surface area contributed by atoms with E-state index < -0.39 is 5.91 Å². The second kappa shape index (κ2) is 5.93. The van der Waals surface area contributed by atoms with Gasteiger partial charge in [0.05, 0.1) is 0 Å². The summed E-state index contributed by atoms with van der Waals surface area (Å²) < 4.78 is 5.48. The molecule has 25 heavy (non-hydrogen) atoms. The van der Waals surface area contributed by atoms with Crippen molar-refractivity contribution in [2.24, 2.45) is 5.73 Å². The zero-order chi connectivity index (χ0) is 17.6. The lowest BCUT2D eigenvalue weighted by Gasteiger charge is -2.07. The number of hydrogen-bond donors (Lipinski definition) is 2. The first-order chi connectivity index (χ1) is 12.0. The lowest BCUT2D eigenvalue weighted by Crippen LogP contribution is -2.17. The van der Waals surface area contributed by atoms with E-state index in [4.69, 9.17) is 21.8 Å². The molecule has 0 atom stereocenters. The fourth-order valence-electron chi connectivity index (χ4n) is 3.27. The van der Waals surface area contributed by atoms with Crippen LogP contribution in [0.1, 0.15) is 38.5 Å². The Balaban J connectivity index is 1.74. The summed E-state index contributed by atoms with van der Waals surface area (Å²) in [6.07, 6.45) is 3.14. The van der Waals surface area contributed by atoms with E-state index in [1.807, 2.05) is 12.1 Å². The molecular weight excluding hydrogens is 340 g/mol. The summed E-state index contributed by atoms with van der Waals surface area (Å²) in [5.41, 5.74) is 9.09. The third-order valence-electron chi connectivity index (χ3n) is 4.47. The first-order valence-corrected chi connectivity index (χ1v) is 8.36. The lowest BCUT2D eigenvalue weighted by molar-refractivity contribution is 0.0977. The predicted molar refractivity (Wildman–Crippen MR) is 96.2 cm³/mol. The molecule has 1 aliphatic rings.